The molecule has 0 aliphatic carbocycles. The normalized spacial score (nSPS) is 17.5. The first-order valence-electron chi connectivity index (χ1n) is 6.48. The van der Waals surface area contributed by atoms with Gasteiger partial charge in [-0.2, -0.15) is 5.10 Å². The quantitative estimate of drug-likeness (QED) is 0.783. The van der Waals surface area contributed by atoms with Gasteiger partial charge in [0.2, 0.25) is 0 Å². The van der Waals surface area contributed by atoms with Gasteiger partial charge in [-0.05, 0) is 18.7 Å². The van der Waals surface area contributed by atoms with Gasteiger partial charge in [-0.1, -0.05) is 6.92 Å². The predicted octanol–water partition coefficient (Wildman–Crippen LogP) is 1.29. The third-order valence-corrected chi connectivity index (χ3v) is 3.75. The van der Waals surface area contributed by atoms with Crippen molar-refractivity contribution in [2.45, 2.75) is 6.92 Å². The molecule has 1 fully saturated rings. The molecule has 3 rings (SSSR count). The molecule has 0 amide bonds. The third kappa shape index (κ3) is 1.90. The van der Waals surface area contributed by atoms with E-state index in [1.54, 1.807) is 0 Å². The first kappa shape index (κ1) is 11.3. The van der Waals surface area contributed by atoms with Crippen molar-refractivity contribution in [3.8, 4) is 0 Å². The fourth-order valence-electron chi connectivity index (χ4n) is 2.58. The number of anilines is 2. The van der Waals surface area contributed by atoms with Gasteiger partial charge in [0.1, 0.15) is 0 Å². The van der Waals surface area contributed by atoms with Crippen molar-refractivity contribution in [1.82, 2.24) is 15.1 Å². The van der Waals surface area contributed by atoms with Gasteiger partial charge in [-0.25, -0.2) is 0 Å². The van der Waals surface area contributed by atoms with Crippen LogP contribution in [0.25, 0.3) is 10.9 Å². The Morgan fingerprint density at radius 2 is 2.06 bits per heavy atom. The number of piperazine rings is 1. The summed E-state index contributed by atoms with van der Waals surface area (Å²) in [6, 6.07) is 4.11. The molecule has 0 radical (unpaired) electrons. The number of hydrogen-bond acceptors (Lipinski definition) is 4. The summed E-state index contributed by atoms with van der Waals surface area (Å²) in [6.45, 7) is 7.63. The van der Waals surface area contributed by atoms with Gasteiger partial charge in [0.05, 0.1) is 23.1 Å². The van der Waals surface area contributed by atoms with Gasteiger partial charge in [-0.3, -0.25) is 5.10 Å². The fraction of sp³-hybridized carbons (Fsp3) is 0.462. The summed E-state index contributed by atoms with van der Waals surface area (Å²) < 4.78 is 0. The van der Waals surface area contributed by atoms with Gasteiger partial charge in [0.15, 0.2) is 0 Å². The number of H-pyrrole nitrogens is 1. The Morgan fingerprint density at radius 3 is 2.78 bits per heavy atom. The fourth-order valence-corrected chi connectivity index (χ4v) is 2.58. The van der Waals surface area contributed by atoms with Crippen LogP contribution in [-0.4, -0.2) is 47.8 Å². The highest BCUT2D eigenvalue weighted by Gasteiger charge is 2.18. The molecule has 3 N–H and O–H groups in total. The van der Waals surface area contributed by atoms with E-state index in [4.69, 9.17) is 5.73 Å². The van der Waals surface area contributed by atoms with E-state index in [0.29, 0.717) is 0 Å². The van der Waals surface area contributed by atoms with Crippen LogP contribution in [0.15, 0.2) is 18.3 Å². The zero-order chi connectivity index (χ0) is 12.5. The molecule has 0 unspecified atom stereocenters. The van der Waals surface area contributed by atoms with E-state index in [-0.39, 0.29) is 0 Å². The Labute approximate surface area is 107 Å². The summed E-state index contributed by atoms with van der Waals surface area (Å²) in [4.78, 5) is 4.82. The zero-order valence-electron chi connectivity index (χ0n) is 10.7. The molecule has 1 saturated heterocycles. The number of nitrogen functional groups attached to an aromatic ring is 1. The van der Waals surface area contributed by atoms with Crippen LogP contribution >= 0.6 is 0 Å². The van der Waals surface area contributed by atoms with Crippen molar-refractivity contribution >= 4 is 22.3 Å². The molecule has 2 heterocycles. The highest BCUT2D eigenvalue weighted by Crippen LogP contribution is 2.28. The number of aromatic nitrogens is 2. The van der Waals surface area contributed by atoms with Crippen molar-refractivity contribution in [3.05, 3.63) is 18.3 Å². The van der Waals surface area contributed by atoms with Crippen molar-refractivity contribution < 1.29 is 0 Å². The lowest BCUT2D eigenvalue weighted by atomic mass is 10.1. The lowest BCUT2D eigenvalue weighted by Crippen LogP contribution is -2.46. The highest BCUT2D eigenvalue weighted by molar-refractivity contribution is 5.88. The van der Waals surface area contributed by atoms with Gasteiger partial charge in [-0.15, -0.1) is 0 Å². The summed E-state index contributed by atoms with van der Waals surface area (Å²) in [5, 5.41) is 8.12. The number of nitrogens with one attached hydrogen (secondary N) is 1. The number of nitrogens with zero attached hydrogens (tertiary/aromatic N) is 3. The smallest absolute Gasteiger partial charge is 0.0672 e. The van der Waals surface area contributed by atoms with E-state index < -0.39 is 0 Å². The second-order valence-electron chi connectivity index (χ2n) is 4.79. The number of benzene rings is 1. The lowest BCUT2D eigenvalue weighted by molar-refractivity contribution is 0.271. The van der Waals surface area contributed by atoms with E-state index in [1.165, 1.54) is 0 Å². The summed E-state index contributed by atoms with van der Waals surface area (Å²) in [6.07, 6.45) is 1.81. The Balaban J connectivity index is 1.87. The molecular formula is C13H19N5. The summed E-state index contributed by atoms with van der Waals surface area (Å²) in [7, 11) is 0. The van der Waals surface area contributed by atoms with Crippen LogP contribution in [0.5, 0.6) is 0 Å². The standard InChI is InChI=1S/C13H19N5/c1-2-17-3-5-18(6-4-17)13-8-12-10(7-11(13)14)9-15-16-12/h7-9H,2-6,14H2,1H3,(H,15,16). The van der Waals surface area contributed by atoms with E-state index >= 15 is 0 Å². The molecular weight excluding hydrogens is 226 g/mol. The molecule has 5 nitrogen and oxygen atoms in total. The van der Waals surface area contributed by atoms with Crippen LogP contribution in [-0.2, 0) is 0 Å². The molecule has 96 valence electrons. The minimum atomic E-state index is 0.842. The molecule has 0 saturated carbocycles. The van der Waals surface area contributed by atoms with Crippen LogP contribution in [0.1, 0.15) is 6.92 Å². The molecule has 5 heteroatoms. The molecule has 1 aromatic heterocycles. The van der Waals surface area contributed by atoms with Crippen molar-refractivity contribution in [1.29, 1.82) is 0 Å². The van der Waals surface area contributed by atoms with Gasteiger partial charge < -0.3 is 15.5 Å². The monoisotopic (exact) mass is 245 g/mol. The van der Waals surface area contributed by atoms with E-state index in [9.17, 15) is 0 Å². The second kappa shape index (κ2) is 4.49. The molecule has 0 spiro atoms. The topological polar surface area (TPSA) is 61.2 Å². The Hall–Kier alpha value is -1.75. The summed E-state index contributed by atoms with van der Waals surface area (Å²) in [5.74, 6) is 0. The molecule has 1 aliphatic heterocycles. The molecule has 2 aromatic rings. The first-order valence-corrected chi connectivity index (χ1v) is 6.48. The number of fused-ring (bicyclic) bond motifs is 1. The molecule has 1 aromatic carbocycles. The Kier molecular flexibility index (Phi) is 2.83. The first-order chi connectivity index (χ1) is 8.78. The number of likely N-dealkylation sites (N-methyl/N-ethyl adjacent to an activating group) is 1. The van der Waals surface area contributed by atoms with E-state index in [1.807, 2.05) is 12.3 Å². The minimum Gasteiger partial charge on any atom is -0.397 e. The summed E-state index contributed by atoms with van der Waals surface area (Å²) in [5.41, 5.74) is 9.17. The lowest BCUT2D eigenvalue weighted by Gasteiger charge is -2.36. The van der Waals surface area contributed by atoms with Crippen molar-refractivity contribution in [2.75, 3.05) is 43.4 Å². The minimum absolute atomic E-state index is 0.842. The summed E-state index contributed by atoms with van der Waals surface area (Å²) >= 11 is 0. The van der Waals surface area contributed by atoms with Crippen LogP contribution < -0.4 is 10.6 Å². The van der Waals surface area contributed by atoms with Crippen molar-refractivity contribution in [3.63, 3.8) is 0 Å². The van der Waals surface area contributed by atoms with Crippen LogP contribution in [0.3, 0.4) is 0 Å². The van der Waals surface area contributed by atoms with Crippen LogP contribution in [0, 0.1) is 0 Å². The maximum atomic E-state index is 6.15. The van der Waals surface area contributed by atoms with E-state index in [0.717, 1.165) is 55.0 Å². The molecule has 18 heavy (non-hydrogen) atoms. The number of hydrogen-bond donors (Lipinski definition) is 2. The van der Waals surface area contributed by atoms with Gasteiger partial charge >= 0.3 is 0 Å². The predicted molar refractivity (Wildman–Crippen MR) is 74.8 cm³/mol. The number of aromatic amines is 1. The maximum Gasteiger partial charge on any atom is 0.0672 e. The van der Waals surface area contributed by atoms with Crippen LogP contribution in [0.2, 0.25) is 0 Å². The highest BCUT2D eigenvalue weighted by atomic mass is 15.3. The van der Waals surface area contributed by atoms with E-state index in [2.05, 4.69) is 33.0 Å². The third-order valence-electron chi connectivity index (χ3n) is 3.75. The number of rotatable bonds is 2. The van der Waals surface area contributed by atoms with Crippen LogP contribution in [0.4, 0.5) is 11.4 Å². The maximum absolute atomic E-state index is 6.15. The Bertz CT molecular complexity index is 539. The molecule has 1 aliphatic rings. The number of nitrogens with two attached hydrogens (primary N) is 1. The average molecular weight is 245 g/mol. The van der Waals surface area contributed by atoms with Gasteiger partial charge in [0, 0.05) is 31.6 Å². The average Bonchev–Trinajstić information content (AvgIpc) is 2.85. The zero-order valence-corrected chi connectivity index (χ0v) is 10.7. The Morgan fingerprint density at radius 1 is 1.28 bits per heavy atom. The molecule has 0 atom stereocenters. The van der Waals surface area contributed by atoms with Crippen molar-refractivity contribution in [2.24, 2.45) is 0 Å². The SMILES string of the molecule is CCN1CCN(c2cc3[nH]ncc3cc2N)CC1. The van der Waals surface area contributed by atoms with Gasteiger partial charge in [0.25, 0.3) is 0 Å². The second-order valence-corrected chi connectivity index (χ2v) is 4.79. The largest absolute Gasteiger partial charge is 0.397 e. The molecule has 0 bridgehead atoms.